The molecule has 0 unspecified atom stereocenters. The molecule has 0 aromatic carbocycles. The number of Topliss-reactive ketones (excluding diaryl/α,β-unsaturated/α-hetero) is 1. The van der Waals surface area contributed by atoms with E-state index in [9.17, 15) is 9.90 Å². The Labute approximate surface area is 67.9 Å². The minimum Gasteiger partial charge on any atom is -0.388 e. The van der Waals surface area contributed by atoms with Crippen molar-refractivity contribution in [1.29, 1.82) is 0 Å². The molecule has 0 heterocycles. The molecule has 2 atom stereocenters. The van der Waals surface area contributed by atoms with E-state index < -0.39 is 6.10 Å². The Morgan fingerprint density at radius 2 is 2.09 bits per heavy atom. The van der Waals surface area contributed by atoms with Gasteiger partial charge in [-0.05, 0) is 6.92 Å². The predicted octanol–water partition coefficient (Wildman–Crippen LogP) is 1.54. The summed E-state index contributed by atoms with van der Waals surface area (Å²) in [6, 6.07) is 0. The van der Waals surface area contributed by atoms with E-state index in [1.54, 1.807) is 20.8 Å². The van der Waals surface area contributed by atoms with Gasteiger partial charge in [-0.25, -0.2) is 0 Å². The molecule has 0 rings (SSSR count). The average molecular weight is 156 g/mol. The first-order chi connectivity index (χ1) is 5.00. The molecule has 64 valence electrons. The number of aliphatic hydroxyl groups is 1. The zero-order valence-electron chi connectivity index (χ0n) is 7.42. The van der Waals surface area contributed by atoms with Gasteiger partial charge in [-0.1, -0.05) is 26.0 Å². The van der Waals surface area contributed by atoms with E-state index in [0.717, 1.165) is 0 Å². The van der Waals surface area contributed by atoms with Gasteiger partial charge in [-0.15, -0.1) is 0 Å². The molecule has 0 fully saturated rings. The first-order valence-corrected chi connectivity index (χ1v) is 3.86. The maximum atomic E-state index is 11.1. The van der Waals surface area contributed by atoms with Crippen LogP contribution in [0.25, 0.3) is 0 Å². The van der Waals surface area contributed by atoms with Gasteiger partial charge >= 0.3 is 0 Å². The summed E-state index contributed by atoms with van der Waals surface area (Å²) in [6.07, 6.45) is -0.201. The van der Waals surface area contributed by atoms with Crippen LogP contribution >= 0.6 is 0 Å². The van der Waals surface area contributed by atoms with Crippen molar-refractivity contribution in [3.8, 4) is 0 Å². The van der Waals surface area contributed by atoms with E-state index in [1.807, 2.05) is 0 Å². The minimum atomic E-state index is -0.678. The summed E-state index contributed by atoms with van der Waals surface area (Å²) in [5.74, 6) is -0.224. The largest absolute Gasteiger partial charge is 0.388 e. The second kappa shape index (κ2) is 4.29. The first-order valence-electron chi connectivity index (χ1n) is 3.86. The number of hydrogen-bond donors (Lipinski definition) is 1. The molecule has 0 amide bonds. The van der Waals surface area contributed by atoms with Crippen molar-refractivity contribution in [2.24, 2.45) is 5.92 Å². The van der Waals surface area contributed by atoms with Crippen molar-refractivity contribution in [3.05, 3.63) is 12.2 Å². The van der Waals surface area contributed by atoms with Gasteiger partial charge in [-0.2, -0.15) is 0 Å². The quantitative estimate of drug-likeness (QED) is 0.627. The summed E-state index contributed by atoms with van der Waals surface area (Å²) in [6.45, 7) is 8.84. The fraction of sp³-hybridized carbons (Fsp3) is 0.667. The number of carbonyl (C=O) groups is 1. The van der Waals surface area contributed by atoms with Crippen molar-refractivity contribution in [2.45, 2.75) is 33.3 Å². The minimum absolute atomic E-state index is 0.0838. The van der Waals surface area contributed by atoms with Gasteiger partial charge < -0.3 is 5.11 Å². The second-order valence-corrected chi connectivity index (χ2v) is 2.90. The van der Waals surface area contributed by atoms with Gasteiger partial charge in [0.05, 0.1) is 6.10 Å². The highest BCUT2D eigenvalue weighted by Gasteiger charge is 2.20. The number of carbonyl (C=O) groups excluding carboxylic acids is 1. The van der Waals surface area contributed by atoms with Crippen molar-refractivity contribution in [3.63, 3.8) is 0 Å². The Balaban J connectivity index is 4.12. The van der Waals surface area contributed by atoms with Crippen LogP contribution < -0.4 is 0 Å². The van der Waals surface area contributed by atoms with Crippen LogP contribution in [0.5, 0.6) is 0 Å². The number of hydrogen-bond acceptors (Lipinski definition) is 2. The summed E-state index contributed by atoms with van der Waals surface area (Å²) in [5.41, 5.74) is 0.652. The van der Waals surface area contributed by atoms with E-state index in [1.165, 1.54) is 0 Å². The summed E-state index contributed by atoms with van der Waals surface area (Å²) in [4.78, 5) is 11.1. The maximum Gasteiger partial charge on any atom is 0.138 e. The van der Waals surface area contributed by atoms with E-state index in [4.69, 9.17) is 0 Å². The molecule has 0 aromatic rings. The highest BCUT2D eigenvalue weighted by atomic mass is 16.3. The zero-order chi connectivity index (χ0) is 9.02. The number of aliphatic hydroxyl groups excluding tert-OH is 1. The number of rotatable bonds is 4. The lowest BCUT2D eigenvalue weighted by Gasteiger charge is -2.16. The fourth-order valence-corrected chi connectivity index (χ4v) is 0.925. The molecule has 2 heteroatoms. The molecule has 0 radical (unpaired) electrons. The molecule has 0 saturated carbocycles. The van der Waals surface area contributed by atoms with Gasteiger partial charge in [0.1, 0.15) is 5.78 Å². The van der Waals surface area contributed by atoms with Crippen LogP contribution in [0.1, 0.15) is 27.2 Å². The van der Waals surface area contributed by atoms with E-state index in [0.29, 0.717) is 12.0 Å². The van der Waals surface area contributed by atoms with Crippen molar-refractivity contribution < 1.29 is 9.90 Å². The number of ketones is 1. The molecule has 0 spiro atoms. The SMILES string of the molecule is C=C(C)[C@@H](O)[C@@H](C)C(=O)CC. The van der Waals surface area contributed by atoms with Crippen LogP contribution in [-0.4, -0.2) is 17.0 Å². The van der Waals surface area contributed by atoms with Crippen molar-refractivity contribution in [1.82, 2.24) is 0 Å². The van der Waals surface area contributed by atoms with E-state index >= 15 is 0 Å². The Morgan fingerprint density at radius 1 is 1.64 bits per heavy atom. The molecule has 0 aromatic heterocycles. The molecule has 2 nitrogen and oxygen atoms in total. The highest BCUT2D eigenvalue weighted by Crippen LogP contribution is 2.12. The van der Waals surface area contributed by atoms with Crippen LogP contribution in [0.4, 0.5) is 0 Å². The lowest BCUT2D eigenvalue weighted by Crippen LogP contribution is -2.25. The lowest BCUT2D eigenvalue weighted by molar-refractivity contribution is -0.124. The third-order valence-corrected chi connectivity index (χ3v) is 1.83. The van der Waals surface area contributed by atoms with Gasteiger partial charge in [0, 0.05) is 12.3 Å². The third-order valence-electron chi connectivity index (χ3n) is 1.83. The van der Waals surface area contributed by atoms with E-state index in [-0.39, 0.29) is 11.7 Å². The molecule has 0 aliphatic heterocycles. The van der Waals surface area contributed by atoms with Gasteiger partial charge in [0.15, 0.2) is 0 Å². The normalized spacial score (nSPS) is 15.6. The van der Waals surface area contributed by atoms with Crippen LogP contribution in [0, 0.1) is 5.92 Å². The Kier molecular flexibility index (Phi) is 4.04. The zero-order valence-corrected chi connectivity index (χ0v) is 7.42. The molecule has 0 aliphatic carbocycles. The molecule has 11 heavy (non-hydrogen) atoms. The first kappa shape index (κ1) is 10.4. The van der Waals surface area contributed by atoms with Crippen molar-refractivity contribution in [2.75, 3.05) is 0 Å². The van der Waals surface area contributed by atoms with Gasteiger partial charge in [-0.3, -0.25) is 4.79 Å². The predicted molar refractivity (Wildman–Crippen MR) is 45.3 cm³/mol. The highest BCUT2D eigenvalue weighted by molar-refractivity contribution is 5.81. The molecule has 0 bridgehead atoms. The summed E-state index contributed by atoms with van der Waals surface area (Å²) in [5, 5.41) is 9.38. The standard InChI is InChI=1S/C9H16O2/c1-5-8(10)7(4)9(11)6(2)3/h7,9,11H,2,5H2,1,3-4H3/t7-,9+/m0/s1. The average Bonchev–Trinajstić information content (AvgIpc) is 2.00. The van der Waals surface area contributed by atoms with Gasteiger partial charge in [0.25, 0.3) is 0 Å². The topological polar surface area (TPSA) is 37.3 Å². The van der Waals surface area contributed by atoms with Crippen LogP contribution in [-0.2, 0) is 4.79 Å². The molecule has 0 aliphatic rings. The van der Waals surface area contributed by atoms with Crippen molar-refractivity contribution >= 4 is 5.78 Å². The molecular formula is C9H16O2. The maximum absolute atomic E-state index is 11.1. The summed E-state index contributed by atoms with van der Waals surface area (Å²) in [7, 11) is 0. The Bertz CT molecular complexity index is 161. The van der Waals surface area contributed by atoms with Crippen LogP contribution in [0.15, 0.2) is 12.2 Å². The van der Waals surface area contributed by atoms with Gasteiger partial charge in [0.2, 0.25) is 0 Å². The molecule has 0 saturated heterocycles. The lowest BCUT2D eigenvalue weighted by atomic mass is 9.94. The monoisotopic (exact) mass is 156 g/mol. The van der Waals surface area contributed by atoms with Crippen LogP contribution in [0.3, 0.4) is 0 Å². The third kappa shape index (κ3) is 2.85. The molecule has 1 N–H and O–H groups in total. The fourth-order valence-electron chi connectivity index (χ4n) is 0.925. The smallest absolute Gasteiger partial charge is 0.138 e. The van der Waals surface area contributed by atoms with E-state index in [2.05, 4.69) is 6.58 Å². The molecular weight excluding hydrogens is 140 g/mol. The second-order valence-electron chi connectivity index (χ2n) is 2.90. The summed E-state index contributed by atoms with van der Waals surface area (Å²) >= 11 is 0. The van der Waals surface area contributed by atoms with Crippen LogP contribution in [0.2, 0.25) is 0 Å². The Morgan fingerprint density at radius 3 is 2.36 bits per heavy atom. The summed E-state index contributed by atoms with van der Waals surface area (Å²) < 4.78 is 0. The Hall–Kier alpha value is -0.630.